The van der Waals surface area contributed by atoms with Crippen LogP contribution in [0.5, 0.6) is 0 Å². The maximum atomic E-state index is 14.1. The molecular formula is C22H21F2N5. The fraction of sp³-hybridized carbons (Fsp3) is 0.182. The predicted octanol–water partition coefficient (Wildman–Crippen LogP) is 4.50. The monoisotopic (exact) mass is 393 g/mol. The molecule has 0 aliphatic heterocycles. The molecule has 0 spiro atoms. The summed E-state index contributed by atoms with van der Waals surface area (Å²) in [6, 6.07) is 13.5. The second-order valence-electron chi connectivity index (χ2n) is 6.91. The quantitative estimate of drug-likeness (QED) is 0.525. The molecule has 0 aliphatic rings. The second-order valence-corrected chi connectivity index (χ2v) is 6.91. The molecule has 4 rings (SSSR count). The summed E-state index contributed by atoms with van der Waals surface area (Å²) in [6.45, 7) is 4.59. The minimum atomic E-state index is -0.638. The molecular weight excluding hydrogens is 372 g/mol. The summed E-state index contributed by atoms with van der Waals surface area (Å²) in [6.07, 6.45) is 5.37. The fourth-order valence-electron chi connectivity index (χ4n) is 3.31. The minimum Gasteiger partial charge on any atom is -0.306 e. The van der Waals surface area contributed by atoms with E-state index in [4.69, 9.17) is 0 Å². The van der Waals surface area contributed by atoms with Crippen molar-refractivity contribution >= 4 is 0 Å². The Morgan fingerprint density at radius 2 is 1.86 bits per heavy atom. The van der Waals surface area contributed by atoms with E-state index in [1.807, 2.05) is 42.9 Å². The van der Waals surface area contributed by atoms with E-state index in [0.29, 0.717) is 6.54 Å². The number of hydrogen-bond donors (Lipinski definition) is 1. The lowest BCUT2D eigenvalue weighted by atomic mass is 10.1. The first-order valence-electron chi connectivity index (χ1n) is 9.35. The number of benzene rings is 2. The van der Waals surface area contributed by atoms with Gasteiger partial charge in [-0.15, -0.1) is 0 Å². The maximum Gasteiger partial charge on any atom is 0.151 e. The zero-order chi connectivity index (χ0) is 20.4. The van der Waals surface area contributed by atoms with Gasteiger partial charge in [0.25, 0.3) is 0 Å². The van der Waals surface area contributed by atoms with Gasteiger partial charge in [-0.05, 0) is 49.7 Å². The summed E-state index contributed by atoms with van der Waals surface area (Å²) in [5.74, 6) is -1.24. The number of halogens is 2. The van der Waals surface area contributed by atoms with Crippen molar-refractivity contribution in [2.24, 2.45) is 0 Å². The van der Waals surface area contributed by atoms with E-state index in [9.17, 15) is 8.78 Å². The van der Waals surface area contributed by atoms with Gasteiger partial charge in [-0.3, -0.25) is 0 Å². The van der Waals surface area contributed by atoms with E-state index in [-0.39, 0.29) is 11.7 Å². The third kappa shape index (κ3) is 3.95. The third-order valence-electron chi connectivity index (χ3n) is 4.97. The molecule has 0 amide bonds. The van der Waals surface area contributed by atoms with Crippen LogP contribution in [0.25, 0.3) is 11.4 Å². The molecule has 0 fully saturated rings. The van der Waals surface area contributed by atoms with Crippen molar-refractivity contribution < 1.29 is 8.78 Å². The van der Waals surface area contributed by atoms with Crippen molar-refractivity contribution in [1.82, 2.24) is 24.9 Å². The molecule has 7 heteroatoms. The largest absolute Gasteiger partial charge is 0.306 e. The number of nitrogens with zero attached hydrogens (tertiary/aromatic N) is 4. The van der Waals surface area contributed by atoms with Crippen LogP contribution >= 0.6 is 0 Å². The first-order valence-corrected chi connectivity index (χ1v) is 9.35. The van der Waals surface area contributed by atoms with Gasteiger partial charge < -0.3 is 5.32 Å². The van der Waals surface area contributed by atoms with Crippen molar-refractivity contribution in [3.63, 3.8) is 0 Å². The van der Waals surface area contributed by atoms with Crippen LogP contribution < -0.4 is 5.32 Å². The average molecular weight is 393 g/mol. The Kier molecular flexibility index (Phi) is 5.22. The second kappa shape index (κ2) is 7.97. The summed E-state index contributed by atoms with van der Waals surface area (Å²) >= 11 is 0. The molecule has 0 saturated heterocycles. The summed E-state index contributed by atoms with van der Waals surface area (Å²) in [5, 5.41) is 12.0. The first kappa shape index (κ1) is 19.0. The highest BCUT2D eigenvalue weighted by Gasteiger charge is 2.16. The molecule has 5 nitrogen and oxygen atoms in total. The van der Waals surface area contributed by atoms with E-state index in [0.717, 1.165) is 28.6 Å². The predicted molar refractivity (Wildman–Crippen MR) is 107 cm³/mol. The molecule has 29 heavy (non-hydrogen) atoms. The molecule has 0 bridgehead atoms. The summed E-state index contributed by atoms with van der Waals surface area (Å²) in [5.41, 5.74) is 4.15. The van der Waals surface area contributed by atoms with Gasteiger partial charge in [-0.2, -0.15) is 10.2 Å². The lowest BCUT2D eigenvalue weighted by Gasteiger charge is -2.15. The van der Waals surface area contributed by atoms with Gasteiger partial charge in [-0.1, -0.05) is 12.1 Å². The number of aromatic nitrogens is 4. The molecule has 1 atom stereocenters. The van der Waals surface area contributed by atoms with Crippen LogP contribution in [0.1, 0.15) is 29.8 Å². The molecule has 0 saturated carbocycles. The highest BCUT2D eigenvalue weighted by molar-refractivity contribution is 5.37. The van der Waals surface area contributed by atoms with Crippen LogP contribution in [0.2, 0.25) is 0 Å². The standard InChI is InChI=1S/C22H21F2N5/c1-15(25-13-17-4-7-19(8-5-17)28-11-3-10-26-28)20-14-27-29(16(20)2)22-9-6-18(23)12-21(22)24/h3-12,14-15,25H,13H2,1-2H3/t15-/m1/s1. The first-order chi connectivity index (χ1) is 14.0. The van der Waals surface area contributed by atoms with Gasteiger partial charge in [0.15, 0.2) is 5.82 Å². The van der Waals surface area contributed by atoms with Gasteiger partial charge in [0.2, 0.25) is 0 Å². The molecule has 1 N–H and O–H groups in total. The zero-order valence-corrected chi connectivity index (χ0v) is 16.2. The Morgan fingerprint density at radius 3 is 2.55 bits per heavy atom. The average Bonchev–Trinajstić information content (AvgIpc) is 3.37. The zero-order valence-electron chi connectivity index (χ0n) is 16.2. The Balaban J connectivity index is 1.45. The van der Waals surface area contributed by atoms with Crippen LogP contribution in [0.3, 0.4) is 0 Å². The van der Waals surface area contributed by atoms with Crippen molar-refractivity contribution in [2.45, 2.75) is 26.4 Å². The molecule has 4 aromatic rings. The Labute approximate surface area is 167 Å². The van der Waals surface area contributed by atoms with Crippen molar-refractivity contribution in [2.75, 3.05) is 0 Å². The van der Waals surface area contributed by atoms with Crippen LogP contribution in [0.15, 0.2) is 67.1 Å². The highest BCUT2D eigenvalue weighted by Crippen LogP contribution is 2.22. The molecule has 0 unspecified atom stereocenters. The number of hydrogen-bond acceptors (Lipinski definition) is 3. The van der Waals surface area contributed by atoms with Gasteiger partial charge in [-0.25, -0.2) is 18.1 Å². The van der Waals surface area contributed by atoms with Crippen LogP contribution in [0, 0.1) is 18.6 Å². The van der Waals surface area contributed by atoms with Gasteiger partial charge in [0, 0.05) is 42.3 Å². The molecule has 2 aromatic carbocycles. The van der Waals surface area contributed by atoms with E-state index in [2.05, 4.69) is 27.6 Å². The normalized spacial score (nSPS) is 12.3. The molecule has 0 aliphatic carbocycles. The lowest BCUT2D eigenvalue weighted by Crippen LogP contribution is -2.18. The molecule has 0 radical (unpaired) electrons. The van der Waals surface area contributed by atoms with Gasteiger partial charge >= 0.3 is 0 Å². The Morgan fingerprint density at radius 1 is 1.07 bits per heavy atom. The Hall–Kier alpha value is -3.32. The minimum absolute atomic E-state index is 0.0121. The van der Waals surface area contributed by atoms with E-state index in [1.165, 1.54) is 16.8 Å². The summed E-state index contributed by atoms with van der Waals surface area (Å²) in [4.78, 5) is 0. The number of rotatable bonds is 6. The van der Waals surface area contributed by atoms with Crippen molar-refractivity contribution in [3.05, 3.63) is 95.6 Å². The van der Waals surface area contributed by atoms with Gasteiger partial charge in [0.05, 0.1) is 11.9 Å². The summed E-state index contributed by atoms with van der Waals surface area (Å²) in [7, 11) is 0. The smallest absolute Gasteiger partial charge is 0.151 e. The fourth-order valence-corrected chi connectivity index (χ4v) is 3.31. The van der Waals surface area contributed by atoms with E-state index in [1.54, 1.807) is 12.4 Å². The van der Waals surface area contributed by atoms with Crippen LogP contribution in [-0.2, 0) is 6.54 Å². The Bertz CT molecular complexity index is 1100. The SMILES string of the molecule is Cc1c([C@@H](C)NCc2ccc(-n3cccn3)cc2)cnn1-c1ccc(F)cc1F. The summed E-state index contributed by atoms with van der Waals surface area (Å²) < 4.78 is 30.6. The van der Waals surface area contributed by atoms with Crippen molar-refractivity contribution in [3.8, 4) is 11.4 Å². The lowest BCUT2D eigenvalue weighted by molar-refractivity contribution is 0.566. The molecule has 2 aromatic heterocycles. The van der Waals surface area contributed by atoms with Crippen LogP contribution in [0.4, 0.5) is 8.78 Å². The van der Waals surface area contributed by atoms with E-state index < -0.39 is 11.6 Å². The molecule has 2 heterocycles. The number of nitrogens with one attached hydrogen (secondary N) is 1. The third-order valence-corrected chi connectivity index (χ3v) is 4.97. The van der Waals surface area contributed by atoms with Gasteiger partial charge in [0.1, 0.15) is 11.5 Å². The maximum absolute atomic E-state index is 14.1. The van der Waals surface area contributed by atoms with Crippen molar-refractivity contribution in [1.29, 1.82) is 0 Å². The molecule has 148 valence electrons. The highest BCUT2D eigenvalue weighted by atomic mass is 19.1. The van der Waals surface area contributed by atoms with Crippen LogP contribution in [-0.4, -0.2) is 19.6 Å². The van der Waals surface area contributed by atoms with E-state index >= 15 is 0 Å². The topological polar surface area (TPSA) is 47.7 Å².